The number of carbonyl (C=O) groups excluding carboxylic acids is 1. The number of carboxylic acids is 1. The molecule has 0 aromatic heterocycles. The fourth-order valence-electron chi connectivity index (χ4n) is 4.55. The Labute approximate surface area is 158 Å². The maximum atomic E-state index is 13.1. The third kappa shape index (κ3) is 3.37. The first kappa shape index (κ1) is 17.9. The van der Waals surface area contributed by atoms with Crippen LogP contribution in [0.15, 0.2) is 24.3 Å². The highest BCUT2D eigenvalue weighted by molar-refractivity contribution is 8.00. The van der Waals surface area contributed by atoms with Crippen LogP contribution < -0.4 is 0 Å². The first-order valence-corrected chi connectivity index (χ1v) is 10.5. The zero-order valence-electron chi connectivity index (χ0n) is 14.8. The van der Waals surface area contributed by atoms with Crippen LogP contribution in [0.4, 0.5) is 0 Å². The molecule has 1 N–H and O–H groups in total. The Morgan fingerprint density at radius 2 is 1.92 bits per heavy atom. The standard InChI is InChI=1S/C20H25NO4S/c22-19(18-15-4-2-1-3-13(15)8-12-26-18)21-9-5-14(6-10-21)17-16(20(23)24)7-11-25-17/h1-4,14,16-18H,5-12H2,(H,23,24)/t16?,17-,18?/m0/s1. The van der Waals surface area contributed by atoms with Crippen molar-refractivity contribution in [1.82, 2.24) is 4.90 Å². The van der Waals surface area contributed by atoms with Gasteiger partial charge in [-0.25, -0.2) is 0 Å². The number of likely N-dealkylation sites (tertiary alicyclic amines) is 1. The van der Waals surface area contributed by atoms with Crippen LogP contribution in [-0.2, 0) is 20.7 Å². The molecule has 0 aliphatic carbocycles. The van der Waals surface area contributed by atoms with Gasteiger partial charge in [0.2, 0.25) is 5.91 Å². The normalized spacial score (nSPS) is 29.4. The Kier molecular flexibility index (Phi) is 5.23. The van der Waals surface area contributed by atoms with E-state index in [9.17, 15) is 14.7 Å². The molecule has 1 aromatic carbocycles. The van der Waals surface area contributed by atoms with Crippen LogP contribution in [0.1, 0.15) is 35.6 Å². The third-order valence-electron chi connectivity index (χ3n) is 5.99. The van der Waals surface area contributed by atoms with E-state index in [2.05, 4.69) is 12.1 Å². The highest BCUT2D eigenvalue weighted by Gasteiger charge is 2.41. The number of hydrogen-bond acceptors (Lipinski definition) is 4. The van der Waals surface area contributed by atoms with E-state index >= 15 is 0 Å². The van der Waals surface area contributed by atoms with Crippen molar-refractivity contribution >= 4 is 23.6 Å². The van der Waals surface area contributed by atoms with Gasteiger partial charge in [0, 0.05) is 19.7 Å². The molecule has 2 saturated heterocycles. The zero-order chi connectivity index (χ0) is 18.1. The molecule has 0 spiro atoms. The number of carbonyl (C=O) groups is 2. The van der Waals surface area contributed by atoms with Crippen molar-refractivity contribution in [1.29, 1.82) is 0 Å². The number of ether oxygens (including phenoxy) is 1. The topological polar surface area (TPSA) is 66.8 Å². The Morgan fingerprint density at radius 3 is 2.69 bits per heavy atom. The molecule has 0 radical (unpaired) electrons. The summed E-state index contributed by atoms with van der Waals surface area (Å²) in [5, 5.41) is 9.28. The lowest BCUT2D eigenvalue weighted by Gasteiger charge is -2.37. The highest BCUT2D eigenvalue weighted by Crippen LogP contribution is 2.39. The lowest BCUT2D eigenvalue weighted by molar-refractivity contribution is -0.146. The maximum Gasteiger partial charge on any atom is 0.309 e. The van der Waals surface area contributed by atoms with E-state index in [-0.39, 0.29) is 29.1 Å². The largest absolute Gasteiger partial charge is 0.481 e. The van der Waals surface area contributed by atoms with Gasteiger partial charge in [-0.15, -0.1) is 11.8 Å². The number of carboxylic acid groups (broad SMARTS) is 1. The molecule has 140 valence electrons. The van der Waals surface area contributed by atoms with E-state index in [4.69, 9.17) is 4.74 Å². The molecule has 3 aliphatic rings. The minimum Gasteiger partial charge on any atom is -0.481 e. The molecule has 3 aliphatic heterocycles. The molecule has 2 unspecified atom stereocenters. The van der Waals surface area contributed by atoms with E-state index in [0.29, 0.717) is 26.1 Å². The van der Waals surface area contributed by atoms with Crippen LogP contribution in [0.3, 0.4) is 0 Å². The molecule has 0 bridgehead atoms. The molecular weight excluding hydrogens is 350 g/mol. The van der Waals surface area contributed by atoms with Gasteiger partial charge in [-0.05, 0) is 48.5 Å². The van der Waals surface area contributed by atoms with Gasteiger partial charge in [-0.2, -0.15) is 0 Å². The molecule has 26 heavy (non-hydrogen) atoms. The quantitative estimate of drug-likeness (QED) is 0.880. The number of nitrogens with zero attached hydrogens (tertiary/aromatic N) is 1. The van der Waals surface area contributed by atoms with Gasteiger partial charge in [-0.3, -0.25) is 9.59 Å². The molecule has 1 amide bonds. The maximum absolute atomic E-state index is 13.1. The van der Waals surface area contributed by atoms with Crippen LogP contribution >= 0.6 is 11.8 Å². The molecule has 6 heteroatoms. The minimum atomic E-state index is -0.749. The van der Waals surface area contributed by atoms with E-state index in [1.54, 1.807) is 11.8 Å². The second kappa shape index (κ2) is 7.61. The Balaban J connectivity index is 1.39. The van der Waals surface area contributed by atoms with Crippen molar-refractivity contribution in [3.63, 3.8) is 0 Å². The number of aliphatic carboxylic acids is 1. The second-order valence-corrected chi connectivity index (χ2v) is 8.64. The van der Waals surface area contributed by atoms with Crippen molar-refractivity contribution in [2.24, 2.45) is 11.8 Å². The SMILES string of the molecule is O=C(O)C1CCO[C@H]1C1CCN(C(=O)C2SCCc3ccccc32)CC1. The Bertz CT molecular complexity index is 686. The van der Waals surface area contributed by atoms with Crippen LogP contribution in [-0.4, -0.2) is 53.4 Å². The average Bonchev–Trinajstić information content (AvgIpc) is 3.17. The predicted octanol–water partition coefficient (Wildman–Crippen LogP) is 2.75. The van der Waals surface area contributed by atoms with E-state index in [0.717, 1.165) is 25.0 Å². The first-order chi connectivity index (χ1) is 12.6. The molecule has 1 aromatic rings. The predicted molar refractivity (Wildman–Crippen MR) is 100 cm³/mol. The summed E-state index contributed by atoms with van der Waals surface area (Å²) in [6, 6.07) is 8.27. The lowest BCUT2D eigenvalue weighted by atomic mass is 9.84. The van der Waals surface area contributed by atoms with Gasteiger partial charge in [-0.1, -0.05) is 24.3 Å². The summed E-state index contributed by atoms with van der Waals surface area (Å²) in [5.41, 5.74) is 2.46. The summed E-state index contributed by atoms with van der Waals surface area (Å²) in [4.78, 5) is 26.5. The van der Waals surface area contributed by atoms with E-state index in [1.165, 1.54) is 11.1 Å². The summed E-state index contributed by atoms with van der Waals surface area (Å²) in [5.74, 6) is 0.306. The fraction of sp³-hybridized carbons (Fsp3) is 0.600. The Morgan fingerprint density at radius 1 is 1.15 bits per heavy atom. The van der Waals surface area contributed by atoms with Gasteiger partial charge in [0.15, 0.2) is 0 Å². The van der Waals surface area contributed by atoms with Gasteiger partial charge in [0.05, 0.1) is 12.0 Å². The number of rotatable bonds is 3. The number of thioether (sulfide) groups is 1. The molecule has 4 rings (SSSR count). The van der Waals surface area contributed by atoms with Crippen LogP contribution in [0.5, 0.6) is 0 Å². The molecular formula is C20H25NO4S. The number of piperidine rings is 1. The van der Waals surface area contributed by atoms with Gasteiger partial charge in [0.1, 0.15) is 5.25 Å². The van der Waals surface area contributed by atoms with Crippen LogP contribution in [0.25, 0.3) is 0 Å². The van der Waals surface area contributed by atoms with Crippen LogP contribution in [0.2, 0.25) is 0 Å². The van der Waals surface area contributed by atoms with Crippen molar-refractivity contribution in [2.75, 3.05) is 25.4 Å². The first-order valence-electron chi connectivity index (χ1n) is 9.48. The fourth-order valence-corrected chi connectivity index (χ4v) is 5.83. The van der Waals surface area contributed by atoms with Gasteiger partial charge in [0.25, 0.3) is 0 Å². The monoisotopic (exact) mass is 375 g/mol. The highest BCUT2D eigenvalue weighted by atomic mass is 32.2. The number of aryl methyl sites for hydroxylation is 1. The summed E-state index contributed by atoms with van der Waals surface area (Å²) in [6.07, 6.45) is 3.12. The summed E-state index contributed by atoms with van der Waals surface area (Å²) < 4.78 is 5.74. The second-order valence-electron chi connectivity index (χ2n) is 7.43. The number of amides is 1. The van der Waals surface area contributed by atoms with Gasteiger partial charge >= 0.3 is 5.97 Å². The van der Waals surface area contributed by atoms with Crippen LogP contribution in [0, 0.1) is 11.8 Å². The summed E-state index contributed by atoms with van der Waals surface area (Å²) >= 11 is 1.74. The average molecular weight is 375 g/mol. The van der Waals surface area contributed by atoms with Crippen molar-refractivity contribution < 1.29 is 19.4 Å². The van der Waals surface area contributed by atoms with Crippen molar-refractivity contribution in [3.8, 4) is 0 Å². The minimum absolute atomic E-state index is 0.0917. The molecule has 2 fully saturated rings. The molecule has 3 heterocycles. The Hall–Kier alpha value is -1.53. The van der Waals surface area contributed by atoms with Crippen molar-refractivity contribution in [3.05, 3.63) is 35.4 Å². The summed E-state index contributed by atoms with van der Waals surface area (Å²) in [7, 11) is 0. The number of benzene rings is 1. The van der Waals surface area contributed by atoms with Gasteiger partial charge < -0.3 is 14.7 Å². The smallest absolute Gasteiger partial charge is 0.309 e. The summed E-state index contributed by atoms with van der Waals surface area (Å²) in [6.45, 7) is 1.94. The molecule has 0 saturated carbocycles. The zero-order valence-corrected chi connectivity index (χ0v) is 15.6. The third-order valence-corrected chi connectivity index (χ3v) is 7.22. The van der Waals surface area contributed by atoms with Crippen molar-refractivity contribution in [2.45, 2.75) is 37.0 Å². The van der Waals surface area contributed by atoms with E-state index in [1.807, 2.05) is 17.0 Å². The molecule has 5 nitrogen and oxygen atoms in total. The van der Waals surface area contributed by atoms with E-state index < -0.39 is 5.97 Å². The number of hydrogen-bond donors (Lipinski definition) is 1. The number of fused-ring (bicyclic) bond motifs is 1. The molecule has 3 atom stereocenters. The lowest BCUT2D eigenvalue weighted by Crippen LogP contribution is -2.44.